The molecule has 1 N–H and O–H groups in total. The van der Waals surface area contributed by atoms with Crippen molar-refractivity contribution < 1.29 is 19.4 Å². The van der Waals surface area contributed by atoms with E-state index in [1.54, 1.807) is 0 Å². The lowest BCUT2D eigenvalue weighted by Crippen LogP contribution is -2.60. The molecular formula is C18H33NO4. The minimum Gasteiger partial charge on any atom is -0.444 e. The predicted molar refractivity (Wildman–Crippen MR) is 89.3 cm³/mol. The van der Waals surface area contributed by atoms with E-state index in [2.05, 4.69) is 13.8 Å². The minimum absolute atomic E-state index is 0.0361. The number of morpholine rings is 1. The number of carbonyl (C=O) groups excluding carboxylic acids is 1. The fourth-order valence-electron chi connectivity index (χ4n) is 3.83. The van der Waals surface area contributed by atoms with E-state index in [0.29, 0.717) is 13.2 Å². The maximum absolute atomic E-state index is 12.7. The van der Waals surface area contributed by atoms with Gasteiger partial charge in [0.05, 0.1) is 31.4 Å². The quantitative estimate of drug-likeness (QED) is 0.803. The van der Waals surface area contributed by atoms with Crippen LogP contribution in [0.25, 0.3) is 0 Å². The summed E-state index contributed by atoms with van der Waals surface area (Å²) < 4.78 is 11.3. The van der Waals surface area contributed by atoms with Gasteiger partial charge < -0.3 is 14.6 Å². The Kier molecular flexibility index (Phi) is 5.31. The van der Waals surface area contributed by atoms with Gasteiger partial charge in [0.1, 0.15) is 5.60 Å². The summed E-state index contributed by atoms with van der Waals surface area (Å²) in [6.45, 7) is 13.1. The van der Waals surface area contributed by atoms with E-state index >= 15 is 0 Å². The molecule has 2 aliphatic rings. The number of aliphatic hydroxyl groups excluding tert-OH is 1. The molecule has 2 fully saturated rings. The van der Waals surface area contributed by atoms with Gasteiger partial charge in [-0.1, -0.05) is 13.8 Å². The molecule has 0 aromatic carbocycles. The Morgan fingerprint density at radius 2 is 1.96 bits per heavy atom. The molecule has 2 rings (SSSR count). The summed E-state index contributed by atoms with van der Waals surface area (Å²) in [5.74, 6) is 0.0361. The van der Waals surface area contributed by atoms with Gasteiger partial charge in [0, 0.05) is 5.92 Å². The topological polar surface area (TPSA) is 59.0 Å². The molecule has 1 aliphatic heterocycles. The van der Waals surface area contributed by atoms with Crippen molar-refractivity contribution in [1.82, 2.24) is 4.90 Å². The maximum atomic E-state index is 12.7. The molecule has 4 atom stereocenters. The van der Waals surface area contributed by atoms with Gasteiger partial charge in [-0.3, -0.25) is 4.90 Å². The van der Waals surface area contributed by atoms with Crippen LogP contribution in [0, 0.1) is 11.3 Å². The summed E-state index contributed by atoms with van der Waals surface area (Å²) in [5.41, 5.74) is -0.339. The SMILES string of the molecule is CC1COCC(C2CC(C)(C)CCC2O)N1C(=O)OC(C)(C)C. The zero-order valence-electron chi connectivity index (χ0n) is 15.5. The van der Waals surface area contributed by atoms with Crippen LogP contribution in [0.4, 0.5) is 4.79 Å². The average molecular weight is 327 g/mol. The van der Waals surface area contributed by atoms with Crippen LogP contribution in [0.1, 0.15) is 60.8 Å². The minimum atomic E-state index is -0.524. The van der Waals surface area contributed by atoms with Crippen molar-refractivity contribution >= 4 is 6.09 Å². The summed E-state index contributed by atoms with van der Waals surface area (Å²) >= 11 is 0. The number of ether oxygens (including phenoxy) is 2. The molecule has 0 spiro atoms. The van der Waals surface area contributed by atoms with Gasteiger partial charge in [-0.2, -0.15) is 0 Å². The van der Waals surface area contributed by atoms with E-state index in [4.69, 9.17) is 9.47 Å². The first-order chi connectivity index (χ1) is 10.5. The lowest BCUT2D eigenvalue weighted by Gasteiger charge is -2.49. The van der Waals surface area contributed by atoms with Crippen LogP contribution in [-0.2, 0) is 9.47 Å². The van der Waals surface area contributed by atoms with Crippen molar-refractivity contribution in [3.63, 3.8) is 0 Å². The van der Waals surface area contributed by atoms with Crippen molar-refractivity contribution in [2.45, 2.75) is 84.6 Å². The second-order valence-electron chi connectivity index (χ2n) is 8.98. The highest BCUT2D eigenvalue weighted by molar-refractivity contribution is 5.69. The van der Waals surface area contributed by atoms with Crippen LogP contribution >= 0.6 is 0 Å². The van der Waals surface area contributed by atoms with E-state index in [9.17, 15) is 9.90 Å². The standard InChI is InChI=1S/C18H33NO4/c1-12-10-22-11-14(19(12)16(21)23-17(2,3)4)13-9-18(5,6)8-7-15(13)20/h12-15,20H,7-11H2,1-6H3. The second kappa shape index (κ2) is 6.60. The molecule has 1 saturated heterocycles. The highest BCUT2D eigenvalue weighted by atomic mass is 16.6. The number of hydrogen-bond donors (Lipinski definition) is 1. The molecule has 4 unspecified atom stereocenters. The zero-order valence-corrected chi connectivity index (χ0v) is 15.5. The van der Waals surface area contributed by atoms with Gasteiger partial charge in [0.2, 0.25) is 0 Å². The van der Waals surface area contributed by atoms with E-state index in [-0.39, 0.29) is 35.6 Å². The molecule has 1 saturated carbocycles. The molecule has 23 heavy (non-hydrogen) atoms. The molecule has 1 heterocycles. The number of rotatable bonds is 1. The fraction of sp³-hybridized carbons (Fsp3) is 0.944. The normalized spacial score (nSPS) is 35.0. The number of nitrogens with zero attached hydrogens (tertiary/aromatic N) is 1. The van der Waals surface area contributed by atoms with Crippen molar-refractivity contribution in [3.05, 3.63) is 0 Å². The maximum Gasteiger partial charge on any atom is 0.410 e. The Hall–Kier alpha value is -0.810. The Labute approximate surface area is 140 Å². The average Bonchev–Trinajstić information content (AvgIpc) is 2.39. The van der Waals surface area contributed by atoms with Gasteiger partial charge in [-0.15, -0.1) is 0 Å². The van der Waals surface area contributed by atoms with Crippen LogP contribution in [-0.4, -0.2) is 53.1 Å². The van der Waals surface area contributed by atoms with Crippen LogP contribution in [0.2, 0.25) is 0 Å². The van der Waals surface area contributed by atoms with E-state index < -0.39 is 5.60 Å². The lowest BCUT2D eigenvalue weighted by atomic mass is 9.68. The Balaban J connectivity index is 2.21. The summed E-state index contributed by atoms with van der Waals surface area (Å²) in [5, 5.41) is 10.5. The monoisotopic (exact) mass is 327 g/mol. The number of aliphatic hydroxyl groups is 1. The fourth-order valence-corrected chi connectivity index (χ4v) is 3.83. The smallest absolute Gasteiger partial charge is 0.410 e. The first-order valence-electron chi connectivity index (χ1n) is 8.77. The van der Waals surface area contributed by atoms with Crippen LogP contribution < -0.4 is 0 Å². The largest absolute Gasteiger partial charge is 0.444 e. The third-order valence-corrected chi connectivity index (χ3v) is 4.98. The van der Waals surface area contributed by atoms with Crippen molar-refractivity contribution in [2.75, 3.05) is 13.2 Å². The van der Waals surface area contributed by atoms with Crippen LogP contribution in [0.15, 0.2) is 0 Å². The molecule has 5 nitrogen and oxygen atoms in total. The van der Waals surface area contributed by atoms with Gasteiger partial charge >= 0.3 is 6.09 Å². The van der Waals surface area contributed by atoms with Gasteiger partial charge in [-0.25, -0.2) is 4.79 Å². The Morgan fingerprint density at radius 3 is 2.57 bits per heavy atom. The molecule has 0 aromatic rings. The van der Waals surface area contributed by atoms with Gasteiger partial charge in [-0.05, 0) is 52.4 Å². The molecule has 1 amide bonds. The molecule has 5 heteroatoms. The van der Waals surface area contributed by atoms with E-state index in [1.807, 2.05) is 32.6 Å². The highest BCUT2D eigenvalue weighted by Gasteiger charge is 2.45. The van der Waals surface area contributed by atoms with E-state index in [1.165, 1.54) is 0 Å². The van der Waals surface area contributed by atoms with Crippen molar-refractivity contribution in [2.24, 2.45) is 11.3 Å². The third-order valence-electron chi connectivity index (χ3n) is 4.98. The van der Waals surface area contributed by atoms with Gasteiger partial charge in [0.25, 0.3) is 0 Å². The van der Waals surface area contributed by atoms with Crippen molar-refractivity contribution in [3.8, 4) is 0 Å². The molecular weight excluding hydrogens is 294 g/mol. The molecule has 0 aromatic heterocycles. The zero-order chi connectivity index (χ0) is 17.4. The number of amides is 1. The second-order valence-corrected chi connectivity index (χ2v) is 8.98. The van der Waals surface area contributed by atoms with Crippen LogP contribution in [0.3, 0.4) is 0 Å². The number of carbonyl (C=O) groups is 1. The predicted octanol–water partition coefficient (Wildman–Crippen LogP) is 3.20. The first-order valence-corrected chi connectivity index (χ1v) is 8.77. The van der Waals surface area contributed by atoms with Gasteiger partial charge in [0.15, 0.2) is 0 Å². The third kappa shape index (κ3) is 4.60. The molecule has 0 bridgehead atoms. The summed E-state index contributed by atoms with van der Waals surface area (Å²) in [7, 11) is 0. The summed E-state index contributed by atoms with van der Waals surface area (Å²) in [6.07, 6.45) is 2.01. The molecule has 0 radical (unpaired) electrons. The summed E-state index contributed by atoms with van der Waals surface area (Å²) in [6, 6.07) is -0.163. The molecule has 1 aliphatic carbocycles. The first kappa shape index (κ1) is 18.5. The van der Waals surface area contributed by atoms with Crippen LogP contribution in [0.5, 0.6) is 0 Å². The highest BCUT2D eigenvalue weighted by Crippen LogP contribution is 2.42. The Morgan fingerprint density at radius 1 is 1.30 bits per heavy atom. The van der Waals surface area contributed by atoms with Crippen molar-refractivity contribution in [1.29, 1.82) is 0 Å². The van der Waals surface area contributed by atoms with E-state index in [0.717, 1.165) is 19.3 Å². The molecule has 134 valence electrons. The lowest BCUT2D eigenvalue weighted by molar-refractivity contribution is -0.104. The number of hydrogen-bond acceptors (Lipinski definition) is 4. The summed E-state index contributed by atoms with van der Waals surface area (Å²) in [4.78, 5) is 14.5. The Bertz CT molecular complexity index is 429.